The third kappa shape index (κ3) is 2.36. The van der Waals surface area contributed by atoms with Crippen molar-refractivity contribution in [1.82, 2.24) is 9.78 Å². The van der Waals surface area contributed by atoms with E-state index in [4.69, 9.17) is 10.5 Å². The van der Waals surface area contributed by atoms with Gasteiger partial charge in [0.2, 0.25) is 0 Å². The number of thiophene rings is 1. The summed E-state index contributed by atoms with van der Waals surface area (Å²) in [5.74, 6) is 0.767. The van der Waals surface area contributed by atoms with Crippen LogP contribution in [0.2, 0.25) is 0 Å². The summed E-state index contributed by atoms with van der Waals surface area (Å²) in [6.07, 6.45) is 8.08. The summed E-state index contributed by atoms with van der Waals surface area (Å²) in [6.45, 7) is 0. The van der Waals surface area contributed by atoms with Gasteiger partial charge in [-0.3, -0.25) is 4.68 Å². The van der Waals surface area contributed by atoms with Crippen molar-refractivity contribution in [3.8, 4) is 5.75 Å². The first-order valence-corrected chi connectivity index (χ1v) is 7.95. The Bertz CT molecular complexity index is 579. The largest absolute Gasteiger partial charge is 0.493 e. The molecule has 2 aromatic rings. The fourth-order valence-electron chi connectivity index (χ4n) is 2.92. The van der Waals surface area contributed by atoms with Crippen molar-refractivity contribution in [2.75, 3.05) is 7.11 Å². The summed E-state index contributed by atoms with van der Waals surface area (Å²) in [4.78, 5) is 2.74. The second kappa shape index (κ2) is 5.58. The van der Waals surface area contributed by atoms with Crippen LogP contribution in [0.5, 0.6) is 5.75 Å². The molecule has 0 saturated carbocycles. The number of ether oxygens (including phenoxy) is 1. The van der Waals surface area contributed by atoms with Gasteiger partial charge < -0.3 is 10.5 Å². The third-order valence-corrected chi connectivity index (χ3v) is 5.36. The van der Waals surface area contributed by atoms with E-state index in [2.05, 4.69) is 11.2 Å². The lowest BCUT2D eigenvalue weighted by molar-refractivity contribution is 0.406. The molecule has 0 saturated heterocycles. The van der Waals surface area contributed by atoms with E-state index in [0.29, 0.717) is 0 Å². The molecule has 0 aromatic carbocycles. The molecule has 5 heteroatoms. The Morgan fingerprint density at radius 2 is 2.15 bits per heavy atom. The molecule has 0 amide bonds. The zero-order chi connectivity index (χ0) is 14.1. The fraction of sp³-hybridized carbons (Fsp3) is 0.533. The standard InChI is InChI=1S/C15H21N3OS/c1-18-15(11(19-2)9-17-18)14(16)13-8-10-6-4-3-5-7-12(10)20-13/h8-9,14H,3-7,16H2,1-2H3. The number of hydrogen-bond acceptors (Lipinski definition) is 4. The first kappa shape index (κ1) is 13.6. The van der Waals surface area contributed by atoms with Crippen LogP contribution in [0.15, 0.2) is 12.3 Å². The molecule has 2 N–H and O–H groups in total. The van der Waals surface area contributed by atoms with E-state index in [1.54, 1.807) is 13.3 Å². The SMILES string of the molecule is COc1cnn(C)c1C(N)c1cc2c(s1)CCCCC2. The van der Waals surface area contributed by atoms with E-state index in [-0.39, 0.29) is 6.04 Å². The lowest BCUT2D eigenvalue weighted by Gasteiger charge is -2.12. The number of fused-ring (bicyclic) bond motifs is 1. The summed E-state index contributed by atoms with van der Waals surface area (Å²) in [7, 11) is 3.58. The predicted octanol–water partition coefficient (Wildman–Crippen LogP) is 2.81. The summed E-state index contributed by atoms with van der Waals surface area (Å²) in [5, 5.41) is 4.25. The van der Waals surface area contributed by atoms with Gasteiger partial charge in [-0.15, -0.1) is 11.3 Å². The Labute approximate surface area is 123 Å². The molecule has 3 rings (SSSR count). The van der Waals surface area contributed by atoms with Crippen molar-refractivity contribution < 1.29 is 4.74 Å². The smallest absolute Gasteiger partial charge is 0.161 e. The van der Waals surface area contributed by atoms with Gasteiger partial charge in [-0.25, -0.2) is 0 Å². The molecule has 0 bridgehead atoms. The fourth-order valence-corrected chi connectivity index (χ4v) is 4.18. The molecule has 0 spiro atoms. The number of aryl methyl sites for hydroxylation is 3. The molecule has 1 aliphatic carbocycles. The van der Waals surface area contributed by atoms with E-state index < -0.39 is 0 Å². The zero-order valence-electron chi connectivity index (χ0n) is 12.1. The minimum absolute atomic E-state index is 0.158. The first-order chi connectivity index (χ1) is 9.70. The molecule has 4 nitrogen and oxygen atoms in total. The van der Waals surface area contributed by atoms with Crippen molar-refractivity contribution in [3.63, 3.8) is 0 Å². The van der Waals surface area contributed by atoms with E-state index >= 15 is 0 Å². The van der Waals surface area contributed by atoms with Gasteiger partial charge in [0.25, 0.3) is 0 Å². The Hall–Kier alpha value is -1.33. The van der Waals surface area contributed by atoms with Gasteiger partial charge in [0, 0.05) is 16.8 Å². The molecule has 1 unspecified atom stereocenters. The highest BCUT2D eigenvalue weighted by Crippen LogP contribution is 2.36. The Kier molecular flexibility index (Phi) is 3.81. The lowest BCUT2D eigenvalue weighted by Crippen LogP contribution is -2.15. The van der Waals surface area contributed by atoms with Gasteiger partial charge in [0.05, 0.1) is 19.3 Å². The maximum absolute atomic E-state index is 6.46. The van der Waals surface area contributed by atoms with Crippen LogP contribution in [0.1, 0.15) is 46.3 Å². The lowest BCUT2D eigenvalue weighted by atomic mass is 10.1. The molecular weight excluding hydrogens is 270 g/mol. The average molecular weight is 291 g/mol. The highest BCUT2D eigenvalue weighted by molar-refractivity contribution is 7.12. The number of methoxy groups -OCH3 is 1. The third-order valence-electron chi connectivity index (χ3n) is 4.04. The number of rotatable bonds is 3. The average Bonchev–Trinajstić information content (AvgIpc) is 2.95. The number of nitrogens with zero attached hydrogens (tertiary/aromatic N) is 2. The molecule has 2 heterocycles. The van der Waals surface area contributed by atoms with Crippen LogP contribution in [0, 0.1) is 0 Å². The zero-order valence-corrected chi connectivity index (χ0v) is 12.9. The number of nitrogens with two attached hydrogens (primary N) is 1. The second-order valence-electron chi connectivity index (χ2n) is 5.36. The summed E-state index contributed by atoms with van der Waals surface area (Å²) >= 11 is 1.86. The van der Waals surface area contributed by atoms with E-state index in [1.807, 2.05) is 23.1 Å². The van der Waals surface area contributed by atoms with Gasteiger partial charge in [-0.1, -0.05) is 6.42 Å². The van der Waals surface area contributed by atoms with Crippen LogP contribution < -0.4 is 10.5 Å². The summed E-state index contributed by atoms with van der Waals surface area (Å²) in [5.41, 5.74) is 8.91. The highest BCUT2D eigenvalue weighted by atomic mass is 32.1. The van der Waals surface area contributed by atoms with Crippen LogP contribution in [0.3, 0.4) is 0 Å². The molecule has 1 aliphatic rings. The molecule has 0 fully saturated rings. The Balaban J connectivity index is 1.94. The van der Waals surface area contributed by atoms with Crippen LogP contribution in [0.4, 0.5) is 0 Å². The van der Waals surface area contributed by atoms with Gasteiger partial charge >= 0.3 is 0 Å². The molecule has 0 aliphatic heterocycles. The maximum Gasteiger partial charge on any atom is 0.161 e. The van der Waals surface area contributed by atoms with Crippen molar-refractivity contribution in [1.29, 1.82) is 0 Å². The van der Waals surface area contributed by atoms with Crippen LogP contribution >= 0.6 is 11.3 Å². The predicted molar refractivity (Wildman–Crippen MR) is 81.4 cm³/mol. The Morgan fingerprint density at radius 3 is 2.95 bits per heavy atom. The van der Waals surface area contributed by atoms with E-state index in [9.17, 15) is 0 Å². The van der Waals surface area contributed by atoms with Crippen LogP contribution in [-0.2, 0) is 19.9 Å². The van der Waals surface area contributed by atoms with Crippen molar-refractivity contribution in [3.05, 3.63) is 33.3 Å². The van der Waals surface area contributed by atoms with Gasteiger partial charge in [-0.05, 0) is 37.3 Å². The van der Waals surface area contributed by atoms with Gasteiger partial charge in [-0.2, -0.15) is 5.10 Å². The van der Waals surface area contributed by atoms with Crippen molar-refractivity contribution in [2.45, 2.75) is 38.1 Å². The summed E-state index contributed by atoms with van der Waals surface area (Å²) < 4.78 is 7.19. The normalized spacial score (nSPS) is 16.6. The van der Waals surface area contributed by atoms with Gasteiger partial charge in [0.1, 0.15) is 5.69 Å². The van der Waals surface area contributed by atoms with Crippen molar-refractivity contribution in [2.24, 2.45) is 12.8 Å². The first-order valence-electron chi connectivity index (χ1n) is 7.13. The maximum atomic E-state index is 6.46. The molecule has 108 valence electrons. The topological polar surface area (TPSA) is 53.1 Å². The summed E-state index contributed by atoms with van der Waals surface area (Å²) in [6, 6.07) is 2.14. The molecule has 0 radical (unpaired) electrons. The minimum Gasteiger partial charge on any atom is -0.493 e. The Morgan fingerprint density at radius 1 is 1.35 bits per heavy atom. The quantitative estimate of drug-likeness (QED) is 0.885. The minimum atomic E-state index is -0.158. The molecule has 20 heavy (non-hydrogen) atoms. The van der Waals surface area contributed by atoms with Crippen LogP contribution in [-0.4, -0.2) is 16.9 Å². The van der Waals surface area contributed by atoms with Crippen molar-refractivity contribution >= 4 is 11.3 Å². The monoisotopic (exact) mass is 291 g/mol. The molecule has 2 aromatic heterocycles. The highest BCUT2D eigenvalue weighted by Gasteiger charge is 2.22. The van der Waals surface area contributed by atoms with E-state index in [1.165, 1.54) is 47.4 Å². The van der Waals surface area contributed by atoms with Gasteiger partial charge in [0.15, 0.2) is 5.75 Å². The number of aromatic nitrogens is 2. The second-order valence-corrected chi connectivity index (χ2v) is 6.53. The molecule has 1 atom stereocenters. The molecular formula is C15H21N3OS. The number of hydrogen-bond donors (Lipinski definition) is 1. The van der Waals surface area contributed by atoms with E-state index in [0.717, 1.165) is 11.4 Å². The van der Waals surface area contributed by atoms with Crippen LogP contribution in [0.25, 0.3) is 0 Å².